The van der Waals surface area contributed by atoms with Crippen molar-refractivity contribution in [1.82, 2.24) is 0 Å². The van der Waals surface area contributed by atoms with Gasteiger partial charge in [-0.05, 0) is 61.7 Å². The lowest BCUT2D eigenvalue weighted by atomic mass is 9.94. The van der Waals surface area contributed by atoms with Crippen LogP contribution in [0.5, 0.6) is 5.75 Å². The lowest BCUT2D eigenvalue weighted by Gasteiger charge is -2.12. The van der Waals surface area contributed by atoms with E-state index in [4.69, 9.17) is 4.42 Å². The van der Waals surface area contributed by atoms with Gasteiger partial charge in [-0.2, -0.15) is 13.2 Å². The van der Waals surface area contributed by atoms with Crippen LogP contribution in [0.1, 0.15) is 28.0 Å². The van der Waals surface area contributed by atoms with Crippen molar-refractivity contribution in [3.8, 4) is 16.9 Å². The Morgan fingerprint density at radius 3 is 2.10 bits per heavy atom. The third-order valence-electron chi connectivity index (χ3n) is 4.71. The molecule has 158 valence electrons. The first-order valence-electron chi connectivity index (χ1n) is 9.30. The number of rotatable bonds is 5. The number of hydrogen-bond acceptors (Lipinski definition) is 4. The van der Waals surface area contributed by atoms with E-state index in [2.05, 4.69) is 0 Å². The molecule has 0 amide bonds. The topological polar surface area (TPSA) is 50.4 Å². The van der Waals surface area contributed by atoms with E-state index in [9.17, 15) is 23.1 Å². The molecule has 3 nitrogen and oxygen atoms in total. The lowest BCUT2D eigenvalue weighted by molar-refractivity contribution is -0.137. The van der Waals surface area contributed by atoms with E-state index in [1.807, 2.05) is 32.9 Å². The molecule has 0 aliphatic rings. The molecule has 3 rings (SSSR count). The third-order valence-corrected chi connectivity index (χ3v) is 5.72. The van der Waals surface area contributed by atoms with Crippen molar-refractivity contribution in [2.75, 3.05) is 5.75 Å². The fourth-order valence-electron chi connectivity index (χ4n) is 3.47. The highest BCUT2D eigenvalue weighted by molar-refractivity contribution is 7.99. The molecule has 0 unspecified atom stereocenters. The SMILES string of the molecule is Cc1cc(C)c(-c2c(O)cc(CCSc3ccc(C(F)(F)F)cc3)oc2=O)c(C)c1. The summed E-state index contributed by atoms with van der Waals surface area (Å²) in [5.41, 5.74) is 2.32. The summed E-state index contributed by atoms with van der Waals surface area (Å²) in [5, 5.41) is 10.5. The molecular weight excluding hydrogens is 413 g/mol. The molecule has 2 aromatic carbocycles. The van der Waals surface area contributed by atoms with Crippen LogP contribution in [0.4, 0.5) is 13.2 Å². The molecule has 0 bridgehead atoms. The van der Waals surface area contributed by atoms with Gasteiger partial charge in [0.25, 0.3) is 0 Å². The number of halogens is 3. The Balaban J connectivity index is 1.74. The molecule has 0 fully saturated rings. The Kier molecular flexibility index (Phi) is 6.31. The Morgan fingerprint density at radius 2 is 1.57 bits per heavy atom. The van der Waals surface area contributed by atoms with Gasteiger partial charge in [0.15, 0.2) is 0 Å². The maximum Gasteiger partial charge on any atom is 0.416 e. The second kappa shape index (κ2) is 8.60. The highest BCUT2D eigenvalue weighted by Gasteiger charge is 2.29. The van der Waals surface area contributed by atoms with Crippen LogP contribution in [-0.2, 0) is 12.6 Å². The summed E-state index contributed by atoms with van der Waals surface area (Å²) in [6, 6.07) is 10.2. The van der Waals surface area contributed by atoms with Gasteiger partial charge in [-0.3, -0.25) is 0 Å². The van der Waals surface area contributed by atoms with Gasteiger partial charge < -0.3 is 9.52 Å². The molecule has 0 saturated heterocycles. The average molecular weight is 434 g/mol. The number of benzene rings is 2. The predicted octanol–water partition coefficient (Wildman–Crippen LogP) is 6.29. The summed E-state index contributed by atoms with van der Waals surface area (Å²) in [4.78, 5) is 13.3. The highest BCUT2D eigenvalue weighted by atomic mass is 32.2. The van der Waals surface area contributed by atoms with Crippen LogP contribution in [0, 0.1) is 20.8 Å². The zero-order valence-electron chi connectivity index (χ0n) is 16.8. The number of aryl methyl sites for hydroxylation is 4. The second-order valence-corrected chi connectivity index (χ2v) is 8.32. The van der Waals surface area contributed by atoms with E-state index >= 15 is 0 Å². The van der Waals surface area contributed by atoms with Gasteiger partial charge in [-0.25, -0.2) is 4.79 Å². The molecule has 3 aromatic rings. The Morgan fingerprint density at radius 1 is 0.967 bits per heavy atom. The van der Waals surface area contributed by atoms with E-state index in [-0.39, 0.29) is 11.3 Å². The monoisotopic (exact) mass is 434 g/mol. The normalized spacial score (nSPS) is 11.7. The lowest BCUT2D eigenvalue weighted by Crippen LogP contribution is -2.08. The number of aromatic hydroxyl groups is 1. The first kappa shape index (κ1) is 22.0. The fourth-order valence-corrected chi connectivity index (χ4v) is 4.33. The van der Waals surface area contributed by atoms with Crippen LogP contribution in [0.15, 0.2) is 56.6 Å². The first-order valence-corrected chi connectivity index (χ1v) is 10.3. The molecular formula is C23H21F3O3S. The van der Waals surface area contributed by atoms with Crippen LogP contribution < -0.4 is 5.63 Å². The van der Waals surface area contributed by atoms with E-state index in [1.54, 1.807) is 0 Å². The van der Waals surface area contributed by atoms with Gasteiger partial charge >= 0.3 is 11.8 Å². The van der Waals surface area contributed by atoms with Crippen molar-refractivity contribution >= 4 is 11.8 Å². The minimum atomic E-state index is -4.36. The van der Waals surface area contributed by atoms with Crippen LogP contribution >= 0.6 is 11.8 Å². The Hall–Kier alpha value is -2.67. The van der Waals surface area contributed by atoms with E-state index in [1.165, 1.54) is 30.0 Å². The molecule has 0 atom stereocenters. The number of alkyl halides is 3. The standard InChI is InChI=1S/C23H21F3O3S/c1-13-10-14(2)20(15(3)11-13)21-19(27)12-17(29-22(21)28)8-9-30-18-6-4-16(5-7-18)23(24,25)26/h4-7,10-12,27H,8-9H2,1-3H3. The van der Waals surface area contributed by atoms with Gasteiger partial charge in [-0.1, -0.05) is 17.7 Å². The molecule has 0 radical (unpaired) electrons. The first-order chi connectivity index (χ1) is 14.1. The molecule has 1 heterocycles. The summed E-state index contributed by atoms with van der Waals surface area (Å²) in [7, 11) is 0. The minimum Gasteiger partial charge on any atom is -0.507 e. The molecule has 7 heteroatoms. The van der Waals surface area contributed by atoms with Gasteiger partial charge in [-0.15, -0.1) is 11.8 Å². The van der Waals surface area contributed by atoms with Gasteiger partial charge in [0.05, 0.1) is 5.56 Å². The number of hydrogen-bond donors (Lipinski definition) is 1. The minimum absolute atomic E-state index is 0.143. The summed E-state index contributed by atoms with van der Waals surface area (Å²) in [6.07, 6.45) is -4.01. The maximum atomic E-state index is 12.6. The quantitative estimate of drug-likeness (QED) is 0.480. The summed E-state index contributed by atoms with van der Waals surface area (Å²) in [6.45, 7) is 5.72. The van der Waals surface area contributed by atoms with Crippen LogP contribution in [0.2, 0.25) is 0 Å². The highest BCUT2D eigenvalue weighted by Crippen LogP contribution is 2.33. The van der Waals surface area contributed by atoms with Crippen molar-refractivity contribution in [3.63, 3.8) is 0 Å². The van der Waals surface area contributed by atoms with Gasteiger partial charge in [0.1, 0.15) is 17.1 Å². The van der Waals surface area contributed by atoms with Crippen LogP contribution in [0.3, 0.4) is 0 Å². The van der Waals surface area contributed by atoms with Gasteiger partial charge in [0, 0.05) is 23.1 Å². The van der Waals surface area contributed by atoms with Crippen LogP contribution in [0.25, 0.3) is 11.1 Å². The Labute approximate surface area is 176 Å². The van der Waals surface area contributed by atoms with Crippen molar-refractivity contribution < 1.29 is 22.7 Å². The second-order valence-electron chi connectivity index (χ2n) is 7.15. The maximum absolute atomic E-state index is 12.6. The van der Waals surface area contributed by atoms with Crippen molar-refractivity contribution in [3.05, 3.63) is 80.9 Å². The largest absolute Gasteiger partial charge is 0.507 e. The molecule has 0 aliphatic carbocycles. The smallest absolute Gasteiger partial charge is 0.416 e. The van der Waals surface area contributed by atoms with Crippen molar-refractivity contribution in [2.24, 2.45) is 0 Å². The van der Waals surface area contributed by atoms with Crippen molar-refractivity contribution in [1.29, 1.82) is 0 Å². The van der Waals surface area contributed by atoms with E-state index in [0.29, 0.717) is 28.4 Å². The van der Waals surface area contributed by atoms with E-state index in [0.717, 1.165) is 28.8 Å². The molecule has 0 saturated carbocycles. The van der Waals surface area contributed by atoms with Gasteiger partial charge in [0.2, 0.25) is 0 Å². The summed E-state index contributed by atoms with van der Waals surface area (Å²) < 4.78 is 43.3. The van der Waals surface area contributed by atoms with Crippen molar-refractivity contribution in [2.45, 2.75) is 38.3 Å². The summed E-state index contributed by atoms with van der Waals surface area (Å²) in [5.74, 6) is 0.661. The number of thioether (sulfide) groups is 1. The fraction of sp³-hybridized carbons (Fsp3) is 0.261. The van der Waals surface area contributed by atoms with Crippen LogP contribution in [-0.4, -0.2) is 10.9 Å². The van der Waals surface area contributed by atoms with E-state index < -0.39 is 17.4 Å². The molecule has 0 aliphatic heterocycles. The summed E-state index contributed by atoms with van der Waals surface area (Å²) >= 11 is 1.34. The molecule has 0 spiro atoms. The Bertz CT molecular complexity index is 1090. The molecule has 1 aromatic heterocycles. The molecule has 1 N–H and O–H groups in total. The zero-order valence-corrected chi connectivity index (χ0v) is 17.6. The molecule has 30 heavy (non-hydrogen) atoms. The average Bonchev–Trinajstić information content (AvgIpc) is 2.63. The zero-order chi connectivity index (χ0) is 22.1. The third kappa shape index (κ3) is 4.90. The predicted molar refractivity (Wildman–Crippen MR) is 112 cm³/mol.